The predicted octanol–water partition coefficient (Wildman–Crippen LogP) is 4.68. The molecule has 0 unspecified atom stereocenters. The molecule has 0 atom stereocenters. The Balaban J connectivity index is 2.06. The number of rotatable bonds is 3. The summed E-state index contributed by atoms with van der Waals surface area (Å²) in [5, 5.41) is 9.40. The van der Waals surface area contributed by atoms with Crippen LogP contribution in [-0.4, -0.2) is 13.1 Å². The quantitative estimate of drug-likeness (QED) is 0.660. The lowest BCUT2D eigenvalue weighted by Gasteiger charge is -2.09. The predicted molar refractivity (Wildman–Crippen MR) is 93.4 cm³/mol. The molecule has 0 amide bonds. The smallest absolute Gasteiger partial charge is 0.337 e. The average Bonchev–Trinajstić information content (AvgIpc) is 2.67. The molecule has 3 aromatic carbocycles. The fraction of sp³-hybridized carbons (Fsp3) is 0.0476. The Kier molecular flexibility index (Phi) is 4.40. The van der Waals surface area contributed by atoms with Gasteiger partial charge in [-0.25, -0.2) is 4.79 Å². The number of methoxy groups -OCH3 is 1. The van der Waals surface area contributed by atoms with E-state index in [1.807, 2.05) is 60.7 Å². The van der Waals surface area contributed by atoms with Gasteiger partial charge in [-0.3, -0.25) is 0 Å². The van der Waals surface area contributed by atoms with Crippen molar-refractivity contribution in [2.24, 2.45) is 0 Å². The van der Waals surface area contributed by atoms with Gasteiger partial charge in [0.25, 0.3) is 0 Å². The summed E-state index contributed by atoms with van der Waals surface area (Å²) in [6, 6.07) is 25.1. The monoisotopic (exact) mass is 313 g/mol. The lowest BCUT2D eigenvalue weighted by Crippen LogP contribution is -2.00. The molecule has 116 valence electrons. The summed E-state index contributed by atoms with van der Waals surface area (Å²) in [4.78, 5) is 11.5. The number of hydrogen-bond acceptors (Lipinski definition) is 3. The van der Waals surface area contributed by atoms with Crippen LogP contribution >= 0.6 is 0 Å². The average molecular weight is 313 g/mol. The maximum Gasteiger partial charge on any atom is 0.337 e. The van der Waals surface area contributed by atoms with Crippen LogP contribution in [0.4, 0.5) is 0 Å². The van der Waals surface area contributed by atoms with Crippen LogP contribution in [0.5, 0.6) is 0 Å². The first-order chi connectivity index (χ1) is 11.7. The van der Waals surface area contributed by atoms with E-state index in [0.717, 1.165) is 22.3 Å². The van der Waals surface area contributed by atoms with Crippen LogP contribution in [0.3, 0.4) is 0 Å². The van der Waals surface area contributed by atoms with Gasteiger partial charge in [-0.05, 0) is 41.0 Å². The number of nitrogens with zero attached hydrogens (tertiary/aromatic N) is 1. The fourth-order valence-corrected chi connectivity index (χ4v) is 2.59. The molecule has 0 aromatic heterocycles. The highest BCUT2D eigenvalue weighted by Crippen LogP contribution is 2.29. The first kappa shape index (κ1) is 15.5. The zero-order chi connectivity index (χ0) is 16.9. The minimum Gasteiger partial charge on any atom is -0.465 e. The number of carbonyl (C=O) groups excluding carboxylic acids is 1. The molecule has 0 heterocycles. The van der Waals surface area contributed by atoms with Crippen molar-refractivity contribution in [3.05, 3.63) is 83.9 Å². The highest BCUT2D eigenvalue weighted by molar-refractivity contribution is 5.90. The Bertz CT molecular complexity index is 907. The molecule has 3 rings (SSSR count). The molecule has 24 heavy (non-hydrogen) atoms. The summed E-state index contributed by atoms with van der Waals surface area (Å²) >= 11 is 0. The van der Waals surface area contributed by atoms with Gasteiger partial charge in [0.05, 0.1) is 24.3 Å². The highest BCUT2D eigenvalue weighted by atomic mass is 16.5. The van der Waals surface area contributed by atoms with Crippen molar-refractivity contribution in [3.63, 3.8) is 0 Å². The fourth-order valence-electron chi connectivity index (χ4n) is 2.59. The van der Waals surface area contributed by atoms with Crippen LogP contribution in [0, 0.1) is 11.3 Å². The van der Waals surface area contributed by atoms with E-state index in [9.17, 15) is 10.1 Å². The van der Waals surface area contributed by atoms with Crippen LogP contribution in [0.2, 0.25) is 0 Å². The van der Waals surface area contributed by atoms with Gasteiger partial charge in [0, 0.05) is 5.56 Å². The van der Waals surface area contributed by atoms with Crippen LogP contribution < -0.4 is 0 Å². The maximum absolute atomic E-state index is 11.5. The van der Waals surface area contributed by atoms with Crippen molar-refractivity contribution in [2.75, 3.05) is 7.11 Å². The molecule has 0 bridgehead atoms. The Morgan fingerprint density at radius 3 is 2.17 bits per heavy atom. The Morgan fingerprint density at radius 2 is 1.54 bits per heavy atom. The van der Waals surface area contributed by atoms with E-state index in [1.165, 1.54) is 7.11 Å². The number of esters is 1. The van der Waals surface area contributed by atoms with Crippen LogP contribution in [0.15, 0.2) is 72.8 Å². The van der Waals surface area contributed by atoms with E-state index in [2.05, 4.69) is 6.07 Å². The van der Waals surface area contributed by atoms with Gasteiger partial charge in [0.1, 0.15) is 0 Å². The summed E-state index contributed by atoms with van der Waals surface area (Å²) in [7, 11) is 1.35. The minimum absolute atomic E-state index is 0.375. The number of carbonyl (C=O) groups is 1. The molecule has 0 radical (unpaired) electrons. The van der Waals surface area contributed by atoms with Gasteiger partial charge < -0.3 is 4.74 Å². The second-order valence-electron chi connectivity index (χ2n) is 5.31. The SMILES string of the molecule is COC(=O)c1ccc(-c2cc(-c3ccccc3)ccc2C#N)cc1. The molecule has 0 spiro atoms. The topological polar surface area (TPSA) is 50.1 Å². The third-order valence-electron chi connectivity index (χ3n) is 3.86. The molecule has 0 saturated heterocycles. The Labute approximate surface area is 140 Å². The van der Waals surface area contributed by atoms with Crippen molar-refractivity contribution < 1.29 is 9.53 Å². The van der Waals surface area contributed by atoms with E-state index in [-0.39, 0.29) is 5.97 Å². The summed E-state index contributed by atoms with van der Waals surface area (Å²) in [5.74, 6) is -0.375. The van der Waals surface area contributed by atoms with Crippen LogP contribution in [0.1, 0.15) is 15.9 Å². The second kappa shape index (κ2) is 6.80. The van der Waals surface area contributed by atoms with Gasteiger partial charge in [-0.15, -0.1) is 0 Å². The Morgan fingerprint density at radius 1 is 0.875 bits per heavy atom. The van der Waals surface area contributed by atoms with Crippen molar-refractivity contribution in [1.29, 1.82) is 5.26 Å². The molecule has 3 nitrogen and oxygen atoms in total. The van der Waals surface area contributed by atoms with Crippen molar-refractivity contribution >= 4 is 5.97 Å². The van der Waals surface area contributed by atoms with E-state index in [4.69, 9.17) is 4.74 Å². The number of nitriles is 1. The largest absolute Gasteiger partial charge is 0.465 e. The molecule has 0 aliphatic carbocycles. The van der Waals surface area contributed by atoms with Gasteiger partial charge >= 0.3 is 5.97 Å². The van der Waals surface area contributed by atoms with Gasteiger partial charge in [0.2, 0.25) is 0 Å². The molecule has 0 aliphatic rings. The molecule has 3 aromatic rings. The van der Waals surface area contributed by atoms with E-state index >= 15 is 0 Å². The summed E-state index contributed by atoms with van der Waals surface area (Å²) in [5.41, 5.74) is 4.95. The van der Waals surface area contributed by atoms with Crippen molar-refractivity contribution in [2.45, 2.75) is 0 Å². The van der Waals surface area contributed by atoms with Crippen molar-refractivity contribution in [1.82, 2.24) is 0 Å². The molecule has 0 fully saturated rings. The lowest BCUT2D eigenvalue weighted by molar-refractivity contribution is 0.0601. The van der Waals surface area contributed by atoms with Gasteiger partial charge in [-0.2, -0.15) is 5.26 Å². The molecule has 3 heteroatoms. The van der Waals surface area contributed by atoms with Crippen LogP contribution in [0.25, 0.3) is 22.3 Å². The van der Waals surface area contributed by atoms with Crippen molar-refractivity contribution in [3.8, 4) is 28.3 Å². The minimum atomic E-state index is -0.375. The summed E-state index contributed by atoms with van der Waals surface area (Å²) < 4.78 is 4.71. The first-order valence-electron chi connectivity index (χ1n) is 7.51. The number of hydrogen-bond donors (Lipinski definition) is 0. The standard InChI is InChI=1S/C21H15NO2/c1-24-21(23)17-9-7-16(8-10-17)20-13-18(11-12-19(20)14-22)15-5-3-2-4-6-15/h2-13H,1H3. The second-order valence-corrected chi connectivity index (χ2v) is 5.31. The third kappa shape index (κ3) is 3.04. The lowest BCUT2D eigenvalue weighted by atomic mass is 9.94. The first-order valence-corrected chi connectivity index (χ1v) is 7.51. The van der Waals surface area contributed by atoms with E-state index in [1.54, 1.807) is 12.1 Å². The van der Waals surface area contributed by atoms with Gasteiger partial charge in [0.15, 0.2) is 0 Å². The Hall–Kier alpha value is -3.38. The zero-order valence-corrected chi connectivity index (χ0v) is 13.2. The summed E-state index contributed by atoms with van der Waals surface area (Å²) in [6.45, 7) is 0. The zero-order valence-electron chi connectivity index (χ0n) is 13.2. The third-order valence-corrected chi connectivity index (χ3v) is 3.86. The van der Waals surface area contributed by atoms with E-state index < -0.39 is 0 Å². The normalized spacial score (nSPS) is 10.0. The van der Waals surface area contributed by atoms with E-state index in [0.29, 0.717) is 11.1 Å². The molecule has 0 aliphatic heterocycles. The molecule has 0 N–H and O–H groups in total. The van der Waals surface area contributed by atoms with Gasteiger partial charge in [-0.1, -0.05) is 48.5 Å². The summed E-state index contributed by atoms with van der Waals surface area (Å²) in [6.07, 6.45) is 0. The highest BCUT2D eigenvalue weighted by Gasteiger charge is 2.10. The molecule has 0 saturated carbocycles. The maximum atomic E-state index is 11.5. The number of benzene rings is 3. The number of ether oxygens (including phenoxy) is 1. The van der Waals surface area contributed by atoms with Crippen LogP contribution in [-0.2, 0) is 4.74 Å². The molecular weight excluding hydrogens is 298 g/mol. The molecular formula is C21H15NO2.